The van der Waals surface area contributed by atoms with Crippen molar-refractivity contribution >= 4 is 58.0 Å². The van der Waals surface area contributed by atoms with E-state index in [9.17, 15) is 0 Å². The predicted molar refractivity (Wildman–Crippen MR) is 137 cm³/mol. The lowest BCUT2D eigenvalue weighted by Crippen LogP contribution is -3.00. The van der Waals surface area contributed by atoms with E-state index in [4.69, 9.17) is 39.5 Å². The van der Waals surface area contributed by atoms with Crippen molar-refractivity contribution in [1.82, 2.24) is 0 Å². The second kappa shape index (κ2) is 10.9. The molecule has 0 aliphatic rings. The molecule has 0 aliphatic heterocycles. The van der Waals surface area contributed by atoms with Gasteiger partial charge < -0.3 is 17.1 Å². The van der Waals surface area contributed by atoms with E-state index in [1.54, 1.807) is 13.2 Å². The van der Waals surface area contributed by atoms with E-state index in [1.165, 1.54) is 15.9 Å². The summed E-state index contributed by atoms with van der Waals surface area (Å²) in [6.07, 6.45) is 0.645. The second-order valence-corrected chi connectivity index (χ2v) is 11.8. The van der Waals surface area contributed by atoms with Gasteiger partial charge in [0.15, 0.2) is 0 Å². The first-order valence-electron chi connectivity index (χ1n) is 9.83. The molecule has 4 aromatic carbocycles. The number of methoxy groups -OCH3 is 1. The maximum atomic E-state index is 6.77. The molecule has 0 saturated heterocycles. The minimum Gasteiger partial charge on any atom is -1.00 e. The van der Waals surface area contributed by atoms with E-state index < -0.39 is 7.26 Å². The molecule has 4 aromatic rings. The van der Waals surface area contributed by atoms with E-state index in [2.05, 4.69) is 72.8 Å². The van der Waals surface area contributed by atoms with Crippen molar-refractivity contribution in [1.29, 1.82) is 0 Å². The Labute approximate surface area is 211 Å². The molecule has 0 aliphatic carbocycles. The van der Waals surface area contributed by atoms with Gasteiger partial charge in [0.25, 0.3) is 0 Å². The third-order valence-corrected chi connectivity index (χ3v) is 11.0. The monoisotopic (exact) mass is 520 g/mol. The number of rotatable bonds is 6. The van der Waals surface area contributed by atoms with Gasteiger partial charge in [-0.15, -0.1) is 0 Å². The zero-order valence-electron chi connectivity index (χ0n) is 17.3. The van der Waals surface area contributed by atoms with Gasteiger partial charge in [-0.05, 0) is 36.4 Å². The summed E-state index contributed by atoms with van der Waals surface area (Å²) < 4.78 is 5.35. The highest BCUT2D eigenvalue weighted by atomic mass is 35.5. The largest absolute Gasteiger partial charge is 1.00 e. The van der Waals surface area contributed by atoms with Gasteiger partial charge in [0.05, 0.1) is 17.2 Å². The summed E-state index contributed by atoms with van der Waals surface area (Å²) in [5, 5.41) is 5.15. The molecule has 32 heavy (non-hydrogen) atoms. The van der Waals surface area contributed by atoms with Crippen LogP contribution in [-0.2, 0) is 6.16 Å². The fourth-order valence-corrected chi connectivity index (χ4v) is 9.20. The van der Waals surface area contributed by atoms with Gasteiger partial charge in [-0.3, -0.25) is 0 Å². The Morgan fingerprint density at radius 2 is 1.06 bits per heavy atom. The highest BCUT2D eigenvalue weighted by Gasteiger charge is 2.46. The summed E-state index contributed by atoms with van der Waals surface area (Å²) in [6, 6.07) is 33.5. The molecule has 6 heteroatoms. The van der Waals surface area contributed by atoms with Gasteiger partial charge in [0.2, 0.25) is 0 Å². The molecular weight excluding hydrogens is 501 g/mol. The zero-order valence-corrected chi connectivity index (χ0v) is 21.2. The normalized spacial score (nSPS) is 11.0. The number of benzene rings is 4. The van der Waals surface area contributed by atoms with Crippen molar-refractivity contribution < 1.29 is 17.1 Å². The van der Waals surface area contributed by atoms with E-state index in [0.29, 0.717) is 27.0 Å². The van der Waals surface area contributed by atoms with E-state index in [-0.39, 0.29) is 12.4 Å². The lowest BCUT2D eigenvalue weighted by atomic mass is 10.2. The van der Waals surface area contributed by atoms with Crippen LogP contribution in [-0.4, -0.2) is 7.11 Å². The van der Waals surface area contributed by atoms with Crippen LogP contribution >= 0.6 is 42.1 Å². The Hall–Kier alpha value is -1.73. The van der Waals surface area contributed by atoms with Crippen molar-refractivity contribution in [3.63, 3.8) is 0 Å². The predicted octanol–water partition coefficient (Wildman–Crippen LogP) is 4.15. The maximum Gasteiger partial charge on any atom is 0.140 e. The van der Waals surface area contributed by atoms with Crippen molar-refractivity contribution in [3.05, 3.63) is 118 Å². The number of halogens is 4. The molecule has 0 saturated carbocycles. The summed E-state index contributed by atoms with van der Waals surface area (Å²) in [5.74, 6) is 0.475. The van der Waals surface area contributed by atoms with E-state index >= 15 is 0 Å². The molecule has 0 atom stereocenters. The van der Waals surface area contributed by atoms with E-state index in [0.717, 1.165) is 5.56 Å². The number of ether oxygens (including phenoxy) is 1. The Balaban J connectivity index is 0.00000289. The molecule has 0 radical (unpaired) electrons. The third-order valence-electron chi connectivity index (χ3n) is 5.43. The Morgan fingerprint density at radius 1 is 0.656 bits per heavy atom. The molecule has 0 N–H and O–H groups in total. The molecule has 0 unspecified atom stereocenters. The van der Waals surface area contributed by atoms with Crippen LogP contribution in [0.5, 0.6) is 5.75 Å². The first-order valence-corrected chi connectivity index (χ1v) is 12.9. The molecule has 4 rings (SSSR count). The van der Waals surface area contributed by atoms with E-state index in [1.807, 2.05) is 18.2 Å². The lowest BCUT2D eigenvalue weighted by molar-refractivity contribution is -0.00000606. The summed E-state index contributed by atoms with van der Waals surface area (Å²) in [5.41, 5.74) is 0.832. The van der Waals surface area contributed by atoms with Crippen molar-refractivity contribution in [3.8, 4) is 5.75 Å². The van der Waals surface area contributed by atoms with Crippen LogP contribution < -0.4 is 33.1 Å². The van der Waals surface area contributed by atoms with Crippen LogP contribution in [0, 0.1) is 0 Å². The fourth-order valence-electron chi connectivity index (χ4n) is 3.91. The average molecular weight is 522 g/mol. The van der Waals surface area contributed by atoms with Gasteiger partial charge >= 0.3 is 0 Å². The lowest BCUT2D eigenvalue weighted by Gasteiger charge is -2.28. The molecule has 0 amide bonds. The van der Waals surface area contributed by atoms with Crippen LogP contribution in [0.25, 0.3) is 0 Å². The van der Waals surface area contributed by atoms with Crippen LogP contribution in [0.2, 0.25) is 15.1 Å². The third kappa shape index (κ3) is 4.65. The summed E-state index contributed by atoms with van der Waals surface area (Å²) >= 11 is 20.1. The quantitative estimate of drug-likeness (QED) is 0.273. The van der Waals surface area contributed by atoms with Crippen molar-refractivity contribution in [2.75, 3.05) is 7.11 Å². The van der Waals surface area contributed by atoms with Gasteiger partial charge in [-0.1, -0.05) is 89.4 Å². The molecule has 0 fully saturated rings. The standard InChI is InChI=1S/C26H21Cl3OP.ClH/c1-30-24-17-23(27)22(25(28)26(24)29)18-31(19-11-5-2-6-12-19,20-13-7-3-8-14-20)21-15-9-4-10-16-21;/h2-17H,18H2,1H3;1H/q+1;/p-1. The molecule has 0 bridgehead atoms. The van der Waals surface area contributed by atoms with Gasteiger partial charge in [0, 0.05) is 11.6 Å². The minimum atomic E-state index is -2.14. The topological polar surface area (TPSA) is 9.23 Å². The average Bonchev–Trinajstić information content (AvgIpc) is 2.83. The second-order valence-electron chi connectivity index (χ2n) is 7.14. The summed E-state index contributed by atoms with van der Waals surface area (Å²) in [6.45, 7) is 0. The molecule has 0 heterocycles. The Kier molecular flexibility index (Phi) is 8.50. The molecular formula is C26H21Cl4OP. The Bertz CT molecular complexity index is 1070. The Morgan fingerprint density at radius 3 is 1.44 bits per heavy atom. The van der Waals surface area contributed by atoms with Gasteiger partial charge in [-0.2, -0.15) is 0 Å². The first-order chi connectivity index (χ1) is 15.1. The van der Waals surface area contributed by atoms with Gasteiger partial charge in [0.1, 0.15) is 40.1 Å². The maximum absolute atomic E-state index is 6.77. The minimum absolute atomic E-state index is 0. The highest BCUT2D eigenvalue weighted by Crippen LogP contribution is 2.60. The van der Waals surface area contributed by atoms with Crippen LogP contribution in [0.3, 0.4) is 0 Å². The van der Waals surface area contributed by atoms with Crippen molar-refractivity contribution in [2.24, 2.45) is 0 Å². The van der Waals surface area contributed by atoms with Crippen LogP contribution in [0.1, 0.15) is 5.56 Å². The smallest absolute Gasteiger partial charge is 0.140 e. The number of hydrogen-bond acceptors (Lipinski definition) is 1. The first kappa shape index (κ1) is 24.9. The number of hydrogen-bond donors (Lipinski definition) is 0. The highest BCUT2D eigenvalue weighted by molar-refractivity contribution is 7.95. The van der Waals surface area contributed by atoms with Crippen molar-refractivity contribution in [2.45, 2.75) is 6.16 Å². The molecule has 0 spiro atoms. The SMILES string of the molecule is COc1cc(Cl)c(C[P+](c2ccccc2)(c2ccccc2)c2ccccc2)c(Cl)c1Cl.[Cl-]. The van der Waals surface area contributed by atoms with Gasteiger partial charge in [-0.25, -0.2) is 0 Å². The molecule has 1 nitrogen and oxygen atoms in total. The summed E-state index contributed by atoms with van der Waals surface area (Å²) in [7, 11) is -0.583. The molecule has 0 aromatic heterocycles. The van der Waals surface area contributed by atoms with Crippen LogP contribution in [0.15, 0.2) is 97.1 Å². The van der Waals surface area contributed by atoms with Crippen LogP contribution in [0.4, 0.5) is 0 Å². The molecule has 164 valence electrons. The summed E-state index contributed by atoms with van der Waals surface area (Å²) in [4.78, 5) is 0. The zero-order chi connectivity index (χ0) is 21.8. The fraction of sp³-hybridized carbons (Fsp3) is 0.0769.